The second kappa shape index (κ2) is 4.57. The third kappa shape index (κ3) is 2.26. The minimum atomic E-state index is 0.800. The molecule has 0 aliphatic carbocycles. The van der Waals surface area contributed by atoms with Crippen LogP contribution in [0.4, 0.5) is 5.69 Å². The summed E-state index contributed by atoms with van der Waals surface area (Å²) in [4.78, 5) is 11.6. The van der Waals surface area contributed by atoms with E-state index in [9.17, 15) is 0 Å². The molecule has 0 saturated heterocycles. The molecule has 76 valence electrons. The van der Waals surface area contributed by atoms with Gasteiger partial charge in [0.05, 0.1) is 21.9 Å². The van der Waals surface area contributed by atoms with Crippen molar-refractivity contribution in [2.75, 3.05) is 5.75 Å². The van der Waals surface area contributed by atoms with Crippen LogP contribution in [0.15, 0.2) is 28.3 Å². The number of hydrogen-bond acceptors (Lipinski definition) is 4. The van der Waals surface area contributed by atoms with Crippen LogP contribution in [0, 0.1) is 0 Å². The molecule has 0 amide bonds. The minimum absolute atomic E-state index is 0.800. The molecule has 0 radical (unpaired) electrons. The molecule has 0 bridgehead atoms. The number of benzene rings is 1. The van der Waals surface area contributed by atoms with Crippen molar-refractivity contribution in [2.45, 2.75) is 12.1 Å². The third-order valence-electron chi connectivity index (χ3n) is 1.90. The Bertz CT molecular complexity index is 526. The standard InChI is InChI=1S/C10H9N3S2/c1-2-15-10-12-8-4-3-7(11-6-14)5-9(8)13-10/h3-5H,2H2,1H3,(H,12,13). The molecule has 0 saturated carbocycles. The van der Waals surface area contributed by atoms with Crippen LogP contribution in [0.5, 0.6) is 0 Å². The first kappa shape index (κ1) is 10.4. The maximum Gasteiger partial charge on any atom is 0.166 e. The van der Waals surface area contributed by atoms with Gasteiger partial charge < -0.3 is 4.98 Å². The molecular formula is C10H9N3S2. The number of isothiocyanates is 1. The van der Waals surface area contributed by atoms with E-state index >= 15 is 0 Å². The molecule has 1 aromatic carbocycles. The lowest BCUT2D eigenvalue weighted by atomic mass is 10.3. The van der Waals surface area contributed by atoms with Gasteiger partial charge >= 0.3 is 0 Å². The Hall–Kier alpha value is -1.16. The highest BCUT2D eigenvalue weighted by atomic mass is 32.2. The van der Waals surface area contributed by atoms with Gasteiger partial charge in [-0.3, -0.25) is 0 Å². The van der Waals surface area contributed by atoms with Crippen molar-refractivity contribution in [3.8, 4) is 0 Å². The van der Waals surface area contributed by atoms with Gasteiger partial charge in [-0.1, -0.05) is 18.7 Å². The van der Waals surface area contributed by atoms with E-state index in [4.69, 9.17) is 0 Å². The van der Waals surface area contributed by atoms with E-state index in [0.29, 0.717) is 0 Å². The number of hydrogen-bond donors (Lipinski definition) is 1. The normalized spacial score (nSPS) is 10.2. The van der Waals surface area contributed by atoms with Crippen LogP contribution in [0.1, 0.15) is 6.92 Å². The molecule has 0 atom stereocenters. The van der Waals surface area contributed by atoms with Crippen molar-refractivity contribution in [1.82, 2.24) is 9.97 Å². The van der Waals surface area contributed by atoms with Crippen molar-refractivity contribution >= 4 is 45.9 Å². The summed E-state index contributed by atoms with van der Waals surface area (Å²) in [5.41, 5.74) is 2.74. The number of imidazole rings is 1. The van der Waals surface area contributed by atoms with Crippen LogP contribution in [0.3, 0.4) is 0 Å². The van der Waals surface area contributed by atoms with E-state index < -0.39 is 0 Å². The molecule has 1 heterocycles. The van der Waals surface area contributed by atoms with Crippen LogP contribution >= 0.6 is 24.0 Å². The molecule has 5 heteroatoms. The summed E-state index contributed by atoms with van der Waals surface area (Å²) in [6.07, 6.45) is 0. The summed E-state index contributed by atoms with van der Waals surface area (Å²) in [6.45, 7) is 2.10. The Morgan fingerprint density at radius 3 is 3.20 bits per heavy atom. The third-order valence-corrected chi connectivity index (χ3v) is 2.75. The van der Waals surface area contributed by atoms with E-state index in [1.54, 1.807) is 11.8 Å². The van der Waals surface area contributed by atoms with Crippen molar-refractivity contribution < 1.29 is 0 Å². The van der Waals surface area contributed by atoms with Crippen LogP contribution in [0.2, 0.25) is 0 Å². The number of nitrogens with one attached hydrogen (secondary N) is 1. The lowest BCUT2D eigenvalue weighted by Gasteiger charge is -1.89. The fraction of sp³-hybridized carbons (Fsp3) is 0.200. The second-order valence-electron chi connectivity index (χ2n) is 2.88. The summed E-state index contributed by atoms with van der Waals surface area (Å²) in [5, 5.41) is 3.29. The lowest BCUT2D eigenvalue weighted by molar-refractivity contribution is 1.08. The number of H-pyrrole nitrogens is 1. The second-order valence-corrected chi connectivity index (χ2v) is 4.31. The zero-order valence-corrected chi connectivity index (χ0v) is 9.78. The summed E-state index contributed by atoms with van der Waals surface area (Å²) < 4.78 is 0. The van der Waals surface area contributed by atoms with Gasteiger partial charge in [-0.25, -0.2) is 4.98 Å². The van der Waals surface area contributed by atoms with E-state index in [1.165, 1.54) is 0 Å². The van der Waals surface area contributed by atoms with Gasteiger partial charge in [0.25, 0.3) is 0 Å². The van der Waals surface area contributed by atoms with Crippen LogP contribution in [-0.2, 0) is 0 Å². The van der Waals surface area contributed by atoms with Gasteiger partial charge in [0.1, 0.15) is 0 Å². The maximum atomic E-state index is 4.56. The number of nitrogens with zero attached hydrogens (tertiary/aromatic N) is 2. The van der Waals surface area contributed by atoms with Gasteiger partial charge in [-0.2, -0.15) is 4.99 Å². The number of rotatable bonds is 3. The molecule has 3 nitrogen and oxygen atoms in total. The zero-order valence-electron chi connectivity index (χ0n) is 8.15. The van der Waals surface area contributed by atoms with Crippen LogP contribution in [-0.4, -0.2) is 20.9 Å². The number of aliphatic imine (C=N–C) groups is 1. The SMILES string of the molecule is CCSc1nc2ccc(N=C=S)cc2[nH]1. The van der Waals surface area contributed by atoms with Crippen molar-refractivity contribution in [1.29, 1.82) is 0 Å². The smallest absolute Gasteiger partial charge is 0.166 e. The number of thioether (sulfide) groups is 1. The van der Waals surface area contributed by atoms with Gasteiger partial charge in [-0.15, -0.1) is 0 Å². The summed E-state index contributed by atoms with van der Waals surface area (Å²) >= 11 is 6.24. The first-order valence-corrected chi connectivity index (χ1v) is 5.93. The topological polar surface area (TPSA) is 41.0 Å². The number of fused-ring (bicyclic) bond motifs is 1. The lowest BCUT2D eigenvalue weighted by Crippen LogP contribution is -1.73. The molecule has 0 fully saturated rings. The Morgan fingerprint density at radius 1 is 1.60 bits per heavy atom. The minimum Gasteiger partial charge on any atom is -0.333 e. The number of aromatic amines is 1. The predicted molar refractivity (Wildman–Crippen MR) is 67.2 cm³/mol. The quantitative estimate of drug-likeness (QED) is 0.503. The number of aromatic nitrogens is 2. The molecule has 1 N–H and O–H groups in total. The fourth-order valence-corrected chi connectivity index (χ4v) is 2.03. The molecule has 0 aliphatic rings. The molecule has 0 spiro atoms. The van der Waals surface area contributed by atoms with E-state index in [0.717, 1.165) is 27.6 Å². The van der Waals surface area contributed by atoms with E-state index in [-0.39, 0.29) is 0 Å². The predicted octanol–water partition coefficient (Wildman–Crippen LogP) is 3.41. The number of thiocarbonyl (C=S) groups is 1. The first-order chi connectivity index (χ1) is 7.33. The van der Waals surface area contributed by atoms with Crippen molar-refractivity contribution in [3.63, 3.8) is 0 Å². The Kier molecular flexibility index (Phi) is 3.16. The highest BCUT2D eigenvalue weighted by molar-refractivity contribution is 7.99. The largest absolute Gasteiger partial charge is 0.333 e. The molecule has 2 rings (SSSR count). The molecular weight excluding hydrogens is 226 g/mol. The fourth-order valence-electron chi connectivity index (χ4n) is 1.30. The highest BCUT2D eigenvalue weighted by Gasteiger charge is 2.02. The summed E-state index contributed by atoms with van der Waals surface area (Å²) in [7, 11) is 0. The molecule has 2 aromatic rings. The van der Waals surface area contributed by atoms with E-state index in [2.05, 4.69) is 39.3 Å². The van der Waals surface area contributed by atoms with Crippen LogP contribution < -0.4 is 0 Å². The Balaban J connectivity index is 2.47. The molecule has 0 unspecified atom stereocenters. The Morgan fingerprint density at radius 2 is 2.47 bits per heavy atom. The van der Waals surface area contributed by atoms with Gasteiger partial charge in [0.15, 0.2) is 5.16 Å². The van der Waals surface area contributed by atoms with E-state index in [1.807, 2.05) is 18.2 Å². The van der Waals surface area contributed by atoms with Crippen molar-refractivity contribution in [3.05, 3.63) is 18.2 Å². The molecule has 15 heavy (non-hydrogen) atoms. The average molecular weight is 235 g/mol. The molecule has 1 aromatic heterocycles. The summed E-state index contributed by atoms with van der Waals surface area (Å²) in [5.74, 6) is 1.00. The average Bonchev–Trinajstić information content (AvgIpc) is 2.60. The van der Waals surface area contributed by atoms with Gasteiger partial charge in [0, 0.05) is 0 Å². The van der Waals surface area contributed by atoms with Crippen LogP contribution in [0.25, 0.3) is 11.0 Å². The first-order valence-electron chi connectivity index (χ1n) is 4.54. The monoisotopic (exact) mass is 235 g/mol. The van der Waals surface area contributed by atoms with Crippen molar-refractivity contribution in [2.24, 2.45) is 4.99 Å². The van der Waals surface area contributed by atoms with Gasteiger partial charge in [-0.05, 0) is 36.2 Å². The maximum absolute atomic E-state index is 4.56. The summed E-state index contributed by atoms with van der Waals surface area (Å²) in [6, 6.07) is 5.72. The zero-order chi connectivity index (χ0) is 10.7. The highest BCUT2D eigenvalue weighted by Crippen LogP contribution is 2.22. The Labute approximate surface area is 97.0 Å². The van der Waals surface area contributed by atoms with Gasteiger partial charge in [0.2, 0.25) is 0 Å². The molecule has 0 aliphatic heterocycles.